The molecule has 0 bridgehead atoms. The molecule has 0 radical (unpaired) electrons. The number of benzene rings is 1. The Balaban J connectivity index is 1.66. The molecule has 0 aliphatic heterocycles. The maximum absolute atomic E-state index is 12.1. The van der Waals surface area contributed by atoms with Crippen molar-refractivity contribution in [1.82, 2.24) is 10.4 Å². The van der Waals surface area contributed by atoms with Gasteiger partial charge in [-0.15, -0.1) is 11.3 Å². The van der Waals surface area contributed by atoms with Gasteiger partial charge in [-0.2, -0.15) is 5.10 Å². The molecule has 1 aromatic carbocycles. The largest absolute Gasteiger partial charge is 0.493 e. The second kappa shape index (κ2) is 8.92. The average Bonchev–Trinajstić information content (AvgIpc) is 3.24. The topological polar surface area (TPSA) is 89.9 Å². The van der Waals surface area contributed by atoms with E-state index in [0.29, 0.717) is 27.5 Å². The molecule has 0 aliphatic rings. The number of aromatic nitrogens is 1. The van der Waals surface area contributed by atoms with E-state index in [0.717, 1.165) is 5.69 Å². The lowest BCUT2D eigenvalue weighted by Gasteiger charge is -2.09. The molecule has 142 valence electrons. The van der Waals surface area contributed by atoms with Gasteiger partial charge in [-0.3, -0.25) is 9.78 Å². The SMILES string of the molecule is COc1cc(C=NNC(=O)c2ccc(C)nc2)ccc1OC(=O)c1cccs1. The summed E-state index contributed by atoms with van der Waals surface area (Å²) in [5.41, 5.74) is 4.34. The Kier molecular flexibility index (Phi) is 6.13. The molecule has 0 saturated heterocycles. The van der Waals surface area contributed by atoms with E-state index in [2.05, 4.69) is 15.5 Å². The van der Waals surface area contributed by atoms with Gasteiger partial charge in [0.05, 0.1) is 18.9 Å². The quantitative estimate of drug-likeness (QED) is 0.299. The number of nitrogens with zero attached hydrogens (tertiary/aromatic N) is 2. The van der Waals surface area contributed by atoms with Gasteiger partial charge in [0.1, 0.15) is 4.88 Å². The zero-order valence-corrected chi connectivity index (χ0v) is 16.0. The van der Waals surface area contributed by atoms with Crippen molar-refractivity contribution >= 4 is 29.4 Å². The minimum atomic E-state index is -0.450. The number of pyridine rings is 1. The predicted octanol–water partition coefficient (Wildman–Crippen LogP) is 3.44. The summed E-state index contributed by atoms with van der Waals surface area (Å²) in [4.78, 5) is 28.7. The number of rotatable bonds is 6. The van der Waals surface area contributed by atoms with Crippen LogP contribution >= 0.6 is 11.3 Å². The standard InChI is InChI=1S/C20H17N3O4S/c1-13-5-7-15(12-21-13)19(24)23-22-11-14-6-8-16(17(10-14)26-2)27-20(25)18-4-3-9-28-18/h3-12H,1-2H3,(H,23,24). The van der Waals surface area contributed by atoms with Crippen LogP contribution in [0.15, 0.2) is 59.1 Å². The molecule has 0 atom stereocenters. The first-order chi connectivity index (χ1) is 13.6. The number of thiophene rings is 1. The second-order valence-electron chi connectivity index (χ2n) is 5.66. The predicted molar refractivity (Wildman–Crippen MR) is 106 cm³/mol. The van der Waals surface area contributed by atoms with Crippen molar-refractivity contribution in [2.45, 2.75) is 6.92 Å². The molecule has 1 N–H and O–H groups in total. The fourth-order valence-corrected chi connectivity index (χ4v) is 2.82. The van der Waals surface area contributed by atoms with Crippen LogP contribution in [0, 0.1) is 6.92 Å². The molecule has 28 heavy (non-hydrogen) atoms. The first-order valence-corrected chi connectivity index (χ1v) is 9.14. The molecule has 0 aliphatic carbocycles. The van der Waals surface area contributed by atoms with Gasteiger partial charge in [-0.25, -0.2) is 10.2 Å². The highest BCUT2D eigenvalue weighted by molar-refractivity contribution is 7.12. The van der Waals surface area contributed by atoms with Crippen LogP contribution in [-0.4, -0.2) is 30.2 Å². The van der Waals surface area contributed by atoms with E-state index < -0.39 is 5.97 Å². The summed E-state index contributed by atoms with van der Waals surface area (Å²) in [6.07, 6.45) is 2.95. The highest BCUT2D eigenvalue weighted by Crippen LogP contribution is 2.28. The van der Waals surface area contributed by atoms with Crippen molar-refractivity contribution in [1.29, 1.82) is 0 Å². The fraction of sp³-hybridized carbons (Fsp3) is 0.100. The molecule has 0 spiro atoms. The van der Waals surface area contributed by atoms with Gasteiger partial charge in [0, 0.05) is 11.9 Å². The van der Waals surface area contributed by atoms with Crippen LogP contribution in [0.5, 0.6) is 11.5 Å². The number of carbonyl (C=O) groups excluding carboxylic acids is 2. The smallest absolute Gasteiger partial charge is 0.353 e. The molecule has 2 aromatic heterocycles. The van der Waals surface area contributed by atoms with Crippen LogP contribution in [0.25, 0.3) is 0 Å². The first kappa shape index (κ1) is 19.2. The number of nitrogens with one attached hydrogen (secondary N) is 1. The van der Waals surface area contributed by atoms with Crippen molar-refractivity contribution in [2.75, 3.05) is 7.11 Å². The number of hydrogen-bond acceptors (Lipinski definition) is 7. The van der Waals surface area contributed by atoms with Crippen molar-refractivity contribution in [3.8, 4) is 11.5 Å². The van der Waals surface area contributed by atoms with Gasteiger partial charge in [-0.05, 0) is 54.3 Å². The summed E-state index contributed by atoms with van der Waals surface area (Å²) in [5, 5.41) is 5.73. The highest BCUT2D eigenvalue weighted by Gasteiger charge is 2.13. The summed E-state index contributed by atoms with van der Waals surface area (Å²) in [6, 6.07) is 11.8. The normalized spacial score (nSPS) is 10.6. The molecule has 2 heterocycles. The van der Waals surface area contributed by atoms with Crippen molar-refractivity contribution in [2.24, 2.45) is 5.10 Å². The molecule has 8 heteroatoms. The molecular formula is C20H17N3O4S. The third-order valence-electron chi connectivity index (χ3n) is 3.67. The number of amides is 1. The number of aryl methyl sites for hydroxylation is 1. The van der Waals surface area contributed by atoms with Crippen LogP contribution in [0.3, 0.4) is 0 Å². The lowest BCUT2D eigenvalue weighted by molar-refractivity contribution is 0.0734. The maximum Gasteiger partial charge on any atom is 0.353 e. The van der Waals surface area contributed by atoms with Crippen LogP contribution in [-0.2, 0) is 0 Å². The van der Waals surface area contributed by atoms with Crippen molar-refractivity contribution < 1.29 is 19.1 Å². The van der Waals surface area contributed by atoms with E-state index >= 15 is 0 Å². The Morgan fingerprint density at radius 2 is 2.04 bits per heavy atom. The summed E-state index contributed by atoms with van der Waals surface area (Å²) >= 11 is 1.30. The molecule has 0 unspecified atom stereocenters. The van der Waals surface area contributed by atoms with E-state index in [9.17, 15) is 9.59 Å². The zero-order valence-electron chi connectivity index (χ0n) is 15.2. The molecule has 0 fully saturated rings. The minimum absolute atomic E-state index is 0.299. The summed E-state index contributed by atoms with van der Waals surface area (Å²) in [6.45, 7) is 1.84. The van der Waals surface area contributed by atoms with Gasteiger partial charge in [0.25, 0.3) is 5.91 Å². The van der Waals surface area contributed by atoms with Gasteiger partial charge in [-0.1, -0.05) is 6.07 Å². The van der Waals surface area contributed by atoms with Crippen LogP contribution in [0.4, 0.5) is 0 Å². The Hall–Kier alpha value is -3.52. The Morgan fingerprint density at radius 3 is 2.71 bits per heavy atom. The van der Waals surface area contributed by atoms with E-state index in [1.54, 1.807) is 47.8 Å². The Labute approximate surface area is 165 Å². The first-order valence-electron chi connectivity index (χ1n) is 8.26. The number of carbonyl (C=O) groups is 2. The van der Waals surface area contributed by atoms with Crippen LogP contribution in [0.1, 0.15) is 31.3 Å². The molecular weight excluding hydrogens is 378 g/mol. The van der Waals surface area contributed by atoms with Crippen molar-refractivity contribution in [3.63, 3.8) is 0 Å². The monoisotopic (exact) mass is 395 g/mol. The Morgan fingerprint density at radius 1 is 1.18 bits per heavy atom. The minimum Gasteiger partial charge on any atom is -0.493 e. The van der Waals surface area contributed by atoms with E-state index in [4.69, 9.17) is 9.47 Å². The number of ether oxygens (including phenoxy) is 2. The molecule has 1 amide bonds. The second-order valence-corrected chi connectivity index (χ2v) is 6.61. The summed E-state index contributed by atoms with van der Waals surface area (Å²) < 4.78 is 10.7. The van der Waals surface area contributed by atoms with Gasteiger partial charge >= 0.3 is 5.97 Å². The molecule has 3 aromatic rings. The lowest BCUT2D eigenvalue weighted by Crippen LogP contribution is -2.17. The third-order valence-corrected chi connectivity index (χ3v) is 4.52. The van der Waals surface area contributed by atoms with Crippen LogP contribution in [0.2, 0.25) is 0 Å². The van der Waals surface area contributed by atoms with Gasteiger partial charge in [0.15, 0.2) is 11.5 Å². The Bertz CT molecular complexity index is 999. The summed E-state index contributed by atoms with van der Waals surface area (Å²) in [5.74, 6) is -0.137. The third kappa shape index (κ3) is 4.80. The van der Waals surface area contributed by atoms with E-state index in [-0.39, 0.29) is 5.91 Å². The maximum atomic E-state index is 12.1. The number of hydrazone groups is 1. The number of hydrogen-bond donors (Lipinski definition) is 1. The fourth-order valence-electron chi connectivity index (χ4n) is 2.23. The summed E-state index contributed by atoms with van der Waals surface area (Å²) in [7, 11) is 1.48. The van der Waals surface area contributed by atoms with Gasteiger partial charge < -0.3 is 9.47 Å². The average molecular weight is 395 g/mol. The highest BCUT2D eigenvalue weighted by atomic mass is 32.1. The number of esters is 1. The van der Waals surface area contributed by atoms with E-state index in [1.807, 2.05) is 6.92 Å². The van der Waals surface area contributed by atoms with Crippen molar-refractivity contribution in [3.05, 3.63) is 75.7 Å². The molecule has 7 nitrogen and oxygen atoms in total. The zero-order chi connectivity index (χ0) is 19.9. The lowest BCUT2D eigenvalue weighted by atomic mass is 10.2. The molecule has 0 saturated carbocycles. The van der Waals surface area contributed by atoms with Crippen LogP contribution < -0.4 is 14.9 Å². The van der Waals surface area contributed by atoms with E-state index in [1.165, 1.54) is 30.9 Å². The van der Waals surface area contributed by atoms with Gasteiger partial charge in [0.2, 0.25) is 0 Å². The molecule has 3 rings (SSSR count). The number of methoxy groups -OCH3 is 1.